The number of ether oxygens (including phenoxy) is 2. The Hall–Kier alpha value is -1.83. The molecule has 0 aromatic carbocycles. The molecule has 0 aliphatic rings. The molecule has 0 aliphatic heterocycles. The molecule has 0 unspecified atom stereocenters. The van der Waals surface area contributed by atoms with Crippen LogP contribution in [0.1, 0.15) is 34.1 Å². The molecule has 0 fully saturated rings. The largest absolute Gasteiger partial charge is 0.462 e. The van der Waals surface area contributed by atoms with Crippen LogP contribution < -0.4 is 0 Å². The summed E-state index contributed by atoms with van der Waals surface area (Å²) in [6, 6.07) is 1.89. The molecule has 0 rings (SSSR count). The molecule has 100 valence electrons. The van der Waals surface area contributed by atoms with E-state index in [1.807, 2.05) is 19.9 Å². The first-order valence-corrected chi connectivity index (χ1v) is 5.95. The molecule has 0 N–H and O–H groups in total. The summed E-state index contributed by atoms with van der Waals surface area (Å²) in [6.07, 6.45) is 0.337. The van der Waals surface area contributed by atoms with Crippen molar-refractivity contribution in [1.82, 2.24) is 0 Å². The smallest absolute Gasteiger partial charge is 0.346 e. The average molecular weight is 257 g/mol. The van der Waals surface area contributed by atoms with E-state index in [4.69, 9.17) is 14.7 Å². The Kier molecular flexibility index (Phi) is 7.45. The summed E-state index contributed by atoms with van der Waals surface area (Å²) in [4.78, 5) is 23.4. The van der Waals surface area contributed by atoms with Crippen LogP contribution >= 0.6 is 0 Å². The van der Waals surface area contributed by atoms with Crippen molar-refractivity contribution in [2.24, 2.45) is 5.92 Å². The lowest BCUT2D eigenvalue weighted by molar-refractivity contribution is -0.146. The third-order valence-corrected chi connectivity index (χ3v) is 2.01. The molecule has 5 heteroatoms. The maximum Gasteiger partial charge on any atom is 0.346 e. The van der Waals surface area contributed by atoms with E-state index in [1.54, 1.807) is 13.8 Å². The van der Waals surface area contributed by atoms with Crippen LogP contribution in [0.15, 0.2) is 11.1 Å². The van der Waals surface area contributed by atoms with Gasteiger partial charge in [-0.3, -0.25) is 0 Å². The Morgan fingerprint density at radius 1 is 1.11 bits per heavy atom. The molecule has 5 nitrogen and oxygen atoms in total. The van der Waals surface area contributed by atoms with Crippen LogP contribution in [0, 0.1) is 17.2 Å². The Morgan fingerprint density at radius 3 is 1.83 bits per heavy atom. The monoisotopic (exact) mass is 257 g/mol. The van der Waals surface area contributed by atoms with Crippen LogP contribution in [0.5, 0.6) is 0 Å². The van der Waals surface area contributed by atoms with Crippen molar-refractivity contribution in [3.05, 3.63) is 11.1 Å². The van der Waals surface area contributed by atoms with Crippen molar-refractivity contribution in [3.63, 3.8) is 0 Å². The van der Waals surface area contributed by atoms with E-state index in [1.165, 1.54) is 0 Å². The molecule has 0 heterocycles. The average Bonchev–Trinajstić information content (AvgIpc) is 2.28. The van der Waals surface area contributed by atoms with Gasteiger partial charge in [0.2, 0.25) is 0 Å². The van der Waals surface area contributed by atoms with Crippen LogP contribution in [-0.2, 0) is 19.1 Å². The highest BCUT2D eigenvalue weighted by molar-refractivity contribution is 6.15. The lowest BCUT2D eigenvalue weighted by Gasteiger charge is -2.10. The Morgan fingerprint density at radius 2 is 1.56 bits per heavy atom. The zero-order valence-corrected chi connectivity index (χ0v) is 11.3. The molecule has 0 aliphatic carbocycles. The molecular formula is C13H19NO4. The second-order valence-electron chi connectivity index (χ2n) is 4.00. The predicted molar refractivity (Wildman–Crippen MR) is 65.4 cm³/mol. The normalized spacial score (nSPS) is 9.56. The van der Waals surface area contributed by atoms with Crippen LogP contribution in [0.2, 0.25) is 0 Å². The minimum atomic E-state index is -0.798. The van der Waals surface area contributed by atoms with Gasteiger partial charge >= 0.3 is 11.9 Å². The van der Waals surface area contributed by atoms with Crippen molar-refractivity contribution in [3.8, 4) is 6.07 Å². The summed E-state index contributed by atoms with van der Waals surface area (Å²) in [5.74, 6) is -1.44. The number of carbonyl (C=O) groups is 2. The van der Waals surface area contributed by atoms with Gasteiger partial charge in [-0.1, -0.05) is 13.8 Å². The van der Waals surface area contributed by atoms with E-state index in [2.05, 4.69) is 0 Å². The van der Waals surface area contributed by atoms with E-state index in [0.717, 1.165) is 0 Å². The van der Waals surface area contributed by atoms with Crippen molar-refractivity contribution in [1.29, 1.82) is 5.26 Å². The molecule has 0 aromatic heterocycles. The van der Waals surface area contributed by atoms with Gasteiger partial charge in [0, 0.05) is 0 Å². The fraction of sp³-hybridized carbons (Fsp3) is 0.615. The number of rotatable bonds is 6. The van der Waals surface area contributed by atoms with Gasteiger partial charge in [-0.25, -0.2) is 9.59 Å². The number of nitrogens with zero attached hydrogens (tertiary/aromatic N) is 1. The fourth-order valence-electron chi connectivity index (χ4n) is 1.35. The molecule has 0 aromatic rings. The quantitative estimate of drug-likeness (QED) is 0.181. The van der Waals surface area contributed by atoms with Gasteiger partial charge in [-0.15, -0.1) is 0 Å². The van der Waals surface area contributed by atoms with Crippen LogP contribution in [0.4, 0.5) is 0 Å². The summed E-state index contributed by atoms with van der Waals surface area (Å²) in [7, 11) is 0. The summed E-state index contributed by atoms with van der Waals surface area (Å²) in [5.41, 5.74) is -0.170. The van der Waals surface area contributed by atoms with Crippen molar-refractivity contribution in [2.75, 3.05) is 13.2 Å². The molecule has 0 amide bonds. The highest BCUT2D eigenvalue weighted by Gasteiger charge is 2.26. The lowest BCUT2D eigenvalue weighted by atomic mass is 10.1. The second-order valence-corrected chi connectivity index (χ2v) is 4.00. The topological polar surface area (TPSA) is 76.4 Å². The second kappa shape index (κ2) is 8.29. The third kappa shape index (κ3) is 5.00. The number of allylic oxidation sites excluding steroid dienone is 1. The molecule has 0 spiro atoms. The lowest BCUT2D eigenvalue weighted by Crippen LogP contribution is -2.20. The van der Waals surface area contributed by atoms with E-state index in [-0.39, 0.29) is 30.3 Å². The van der Waals surface area contributed by atoms with Gasteiger partial charge in [0.15, 0.2) is 5.57 Å². The molecule has 18 heavy (non-hydrogen) atoms. The van der Waals surface area contributed by atoms with Crippen molar-refractivity contribution in [2.45, 2.75) is 34.1 Å². The summed E-state index contributed by atoms with van der Waals surface area (Å²) in [5, 5.41) is 9.06. The van der Waals surface area contributed by atoms with Crippen molar-refractivity contribution >= 4 is 11.9 Å². The molecule has 0 saturated carbocycles. The minimum absolute atomic E-state index is 0.113. The zero-order valence-electron chi connectivity index (χ0n) is 11.3. The summed E-state index contributed by atoms with van der Waals surface area (Å²) in [6.45, 7) is 7.34. The SMILES string of the molecule is CCO[13C](=O)[13C](=C(CC(C)C)[13C]#N)[13C](=O)OCC. The highest BCUT2D eigenvalue weighted by Crippen LogP contribution is 2.17. The van der Waals surface area contributed by atoms with Crippen LogP contribution in [0.3, 0.4) is 0 Å². The molecule has 0 saturated heterocycles. The summed E-state index contributed by atoms with van der Waals surface area (Å²) >= 11 is 0. The standard InChI is InChI=1S/C13H19NO4/c1-5-17-12(15)11(13(16)18-6-2)10(8-14)7-9(3)4/h9H,5-7H2,1-4H3/i8+1,11+1,12+1,13+1. The number of esters is 2. The Labute approximate surface area is 107 Å². The van der Waals surface area contributed by atoms with E-state index in [0.29, 0.717) is 6.42 Å². The Bertz CT molecular complexity index is 357. The van der Waals surface area contributed by atoms with Crippen LogP contribution in [0.25, 0.3) is 0 Å². The van der Waals surface area contributed by atoms with Gasteiger partial charge in [0.1, 0.15) is 0 Å². The zero-order chi connectivity index (χ0) is 14.1. The molecule has 0 radical (unpaired) electrons. The molecule has 0 atom stereocenters. The van der Waals surface area contributed by atoms with Gasteiger partial charge in [-0.05, 0) is 26.2 Å². The third-order valence-electron chi connectivity index (χ3n) is 2.01. The van der Waals surface area contributed by atoms with E-state index < -0.39 is 11.9 Å². The van der Waals surface area contributed by atoms with E-state index >= 15 is 0 Å². The minimum Gasteiger partial charge on any atom is -0.462 e. The first kappa shape index (κ1) is 16.2. The number of hydrogen-bond donors (Lipinski definition) is 0. The van der Waals surface area contributed by atoms with Crippen molar-refractivity contribution < 1.29 is 19.1 Å². The molecule has 0 bridgehead atoms. The summed E-state index contributed by atoms with van der Waals surface area (Å²) < 4.78 is 9.57. The maximum absolute atomic E-state index is 11.7. The van der Waals surface area contributed by atoms with Crippen LogP contribution in [-0.4, -0.2) is 25.2 Å². The maximum atomic E-state index is 11.7. The van der Waals surface area contributed by atoms with Gasteiger partial charge in [0.05, 0.1) is 24.9 Å². The number of nitriles is 1. The van der Waals surface area contributed by atoms with Gasteiger partial charge < -0.3 is 9.47 Å². The molecular weight excluding hydrogens is 238 g/mol. The number of carbonyl (C=O) groups excluding carboxylic acids is 2. The first-order chi connectivity index (χ1) is 8.47. The highest BCUT2D eigenvalue weighted by atomic mass is 16.7. The number of hydrogen-bond acceptors (Lipinski definition) is 5. The predicted octanol–water partition coefficient (Wildman–Crippen LogP) is 1.98. The van der Waals surface area contributed by atoms with Gasteiger partial charge in [-0.2, -0.15) is 5.26 Å². The first-order valence-electron chi connectivity index (χ1n) is 5.95. The fourth-order valence-corrected chi connectivity index (χ4v) is 1.35. The van der Waals surface area contributed by atoms with Gasteiger partial charge in [0.25, 0.3) is 0 Å². The Balaban J connectivity index is 5.40. The van der Waals surface area contributed by atoms with E-state index in [9.17, 15) is 9.59 Å².